The molecule has 0 aromatic heterocycles. The van der Waals surface area contributed by atoms with Crippen LogP contribution in [0.25, 0.3) is 0 Å². The summed E-state index contributed by atoms with van der Waals surface area (Å²) in [5.74, 6) is 0.0392. The first-order valence-electron chi connectivity index (χ1n) is 6.23. The molecule has 0 atom stereocenters. The summed E-state index contributed by atoms with van der Waals surface area (Å²) in [4.78, 5) is 22.5. The van der Waals surface area contributed by atoms with Crippen LogP contribution in [0.15, 0.2) is 18.2 Å². The van der Waals surface area contributed by atoms with Gasteiger partial charge in [-0.3, -0.25) is 14.9 Å². The van der Waals surface area contributed by atoms with Crippen LogP contribution in [0.1, 0.15) is 20.8 Å². The molecular formula is C13H19N3O4. The number of hydrogen-bond acceptors (Lipinski definition) is 5. The molecule has 0 fully saturated rings. The molecule has 0 aliphatic rings. The zero-order chi connectivity index (χ0) is 15.3. The molecular weight excluding hydrogens is 262 g/mol. The number of carbonyl (C=O) groups excluding carboxylic acids is 1. The van der Waals surface area contributed by atoms with Gasteiger partial charge in [0.25, 0.3) is 5.69 Å². The minimum absolute atomic E-state index is 0.145. The zero-order valence-corrected chi connectivity index (χ0v) is 12.0. The van der Waals surface area contributed by atoms with Crippen molar-refractivity contribution in [2.24, 2.45) is 0 Å². The quantitative estimate of drug-likeness (QED) is 0.614. The summed E-state index contributed by atoms with van der Waals surface area (Å²) in [6.07, 6.45) is 0. The molecule has 0 radical (unpaired) electrons. The lowest BCUT2D eigenvalue weighted by Crippen LogP contribution is -2.47. The first-order valence-corrected chi connectivity index (χ1v) is 6.23. The van der Waals surface area contributed by atoms with Crippen molar-refractivity contribution in [1.82, 2.24) is 5.32 Å². The molecule has 1 amide bonds. The van der Waals surface area contributed by atoms with Crippen molar-refractivity contribution in [1.29, 1.82) is 0 Å². The molecule has 0 aliphatic heterocycles. The number of nitro groups is 1. The summed E-state index contributed by atoms with van der Waals surface area (Å²) < 4.78 is 5.22. The molecule has 7 nitrogen and oxygen atoms in total. The van der Waals surface area contributed by atoms with E-state index in [2.05, 4.69) is 10.6 Å². The number of ether oxygens (including phenoxy) is 1. The van der Waals surface area contributed by atoms with Gasteiger partial charge in [-0.15, -0.1) is 0 Å². The average Bonchev–Trinajstić information content (AvgIpc) is 2.40. The minimum atomic E-state index is -0.827. The van der Waals surface area contributed by atoms with E-state index < -0.39 is 10.5 Å². The second kappa shape index (κ2) is 6.33. The second-order valence-corrected chi connectivity index (χ2v) is 4.70. The molecule has 0 spiro atoms. The number of benzene rings is 1. The fourth-order valence-electron chi connectivity index (χ4n) is 1.42. The van der Waals surface area contributed by atoms with E-state index in [-0.39, 0.29) is 17.3 Å². The van der Waals surface area contributed by atoms with E-state index in [0.717, 1.165) is 0 Å². The molecule has 0 aliphatic carbocycles. The van der Waals surface area contributed by atoms with Crippen LogP contribution in [-0.4, -0.2) is 30.0 Å². The number of nitrogens with one attached hydrogen (secondary N) is 2. The molecule has 0 unspecified atom stereocenters. The highest BCUT2D eigenvalue weighted by Gasteiger charge is 2.27. The van der Waals surface area contributed by atoms with Gasteiger partial charge in [-0.05, 0) is 40.0 Å². The van der Waals surface area contributed by atoms with Crippen LogP contribution in [0.5, 0.6) is 5.75 Å². The van der Waals surface area contributed by atoms with Crippen molar-refractivity contribution in [3.05, 3.63) is 28.3 Å². The maximum absolute atomic E-state index is 12.0. The van der Waals surface area contributed by atoms with Gasteiger partial charge in [-0.1, -0.05) is 0 Å². The van der Waals surface area contributed by atoms with Crippen LogP contribution in [-0.2, 0) is 4.79 Å². The van der Waals surface area contributed by atoms with Crippen LogP contribution in [0.3, 0.4) is 0 Å². The molecule has 1 aromatic rings. The Hall–Kier alpha value is -2.15. The van der Waals surface area contributed by atoms with Gasteiger partial charge in [-0.25, -0.2) is 0 Å². The predicted molar refractivity (Wildman–Crippen MR) is 76.0 cm³/mol. The van der Waals surface area contributed by atoms with Crippen LogP contribution < -0.4 is 15.4 Å². The van der Waals surface area contributed by atoms with E-state index >= 15 is 0 Å². The van der Waals surface area contributed by atoms with Crippen molar-refractivity contribution in [3.8, 4) is 5.75 Å². The lowest BCUT2D eigenvalue weighted by Gasteiger charge is -2.22. The molecule has 0 saturated carbocycles. The highest BCUT2D eigenvalue weighted by Crippen LogP contribution is 2.29. The van der Waals surface area contributed by atoms with E-state index in [9.17, 15) is 14.9 Å². The molecule has 2 N–H and O–H groups in total. The lowest BCUT2D eigenvalue weighted by molar-refractivity contribution is -0.384. The fraction of sp³-hybridized carbons (Fsp3) is 0.462. The molecule has 1 aromatic carbocycles. The number of nitrogens with zero attached hydrogens (tertiary/aromatic N) is 1. The van der Waals surface area contributed by atoms with E-state index in [0.29, 0.717) is 12.4 Å². The Balaban J connectivity index is 3.06. The van der Waals surface area contributed by atoms with Gasteiger partial charge < -0.3 is 15.4 Å². The summed E-state index contributed by atoms with van der Waals surface area (Å²) in [6.45, 7) is 5.57. The highest BCUT2D eigenvalue weighted by molar-refractivity contribution is 5.99. The summed E-state index contributed by atoms with van der Waals surface area (Å²) in [7, 11) is 1.65. The first kappa shape index (κ1) is 15.9. The van der Waals surface area contributed by atoms with Gasteiger partial charge in [-0.2, -0.15) is 0 Å². The molecule has 110 valence electrons. The molecule has 7 heteroatoms. The summed E-state index contributed by atoms with van der Waals surface area (Å²) in [6, 6.07) is 4.34. The Morgan fingerprint density at radius 1 is 1.45 bits per heavy atom. The average molecular weight is 281 g/mol. The maximum Gasteiger partial charge on any atom is 0.296 e. The van der Waals surface area contributed by atoms with Crippen molar-refractivity contribution in [3.63, 3.8) is 0 Å². The van der Waals surface area contributed by atoms with Gasteiger partial charge >= 0.3 is 0 Å². The Kier molecular flexibility index (Phi) is 5.04. The number of carbonyl (C=O) groups is 1. The Bertz CT molecular complexity index is 514. The van der Waals surface area contributed by atoms with E-state index in [1.807, 2.05) is 0 Å². The van der Waals surface area contributed by atoms with Gasteiger partial charge in [0.2, 0.25) is 5.91 Å². The van der Waals surface area contributed by atoms with Crippen molar-refractivity contribution in [2.75, 3.05) is 19.0 Å². The molecule has 0 saturated heterocycles. The number of anilines is 1. The van der Waals surface area contributed by atoms with Crippen LogP contribution >= 0.6 is 0 Å². The van der Waals surface area contributed by atoms with Crippen molar-refractivity contribution in [2.45, 2.75) is 26.3 Å². The zero-order valence-electron chi connectivity index (χ0n) is 12.0. The predicted octanol–water partition coefficient (Wildman–Crippen LogP) is 1.93. The third-order valence-electron chi connectivity index (χ3n) is 2.92. The van der Waals surface area contributed by atoms with Crippen LogP contribution in [0.4, 0.5) is 11.4 Å². The third-order valence-corrected chi connectivity index (χ3v) is 2.92. The smallest absolute Gasteiger partial charge is 0.296 e. The van der Waals surface area contributed by atoms with E-state index in [1.54, 1.807) is 33.9 Å². The summed E-state index contributed by atoms with van der Waals surface area (Å²) >= 11 is 0. The molecule has 0 bridgehead atoms. The van der Waals surface area contributed by atoms with Crippen LogP contribution in [0.2, 0.25) is 0 Å². The molecule has 20 heavy (non-hydrogen) atoms. The summed E-state index contributed by atoms with van der Waals surface area (Å²) in [5.41, 5.74) is -0.880. The SMILES string of the molecule is CCOc1ccc(NC(=O)C(C)(C)NC)c([N+](=O)[O-])c1. The number of likely N-dealkylation sites (N-methyl/N-ethyl adjacent to an activating group) is 1. The fourth-order valence-corrected chi connectivity index (χ4v) is 1.42. The molecule has 0 heterocycles. The Morgan fingerprint density at radius 2 is 2.10 bits per heavy atom. The largest absolute Gasteiger partial charge is 0.494 e. The van der Waals surface area contributed by atoms with Crippen LogP contribution in [0, 0.1) is 10.1 Å². The van der Waals surface area contributed by atoms with Gasteiger partial charge in [0, 0.05) is 0 Å². The normalized spacial score (nSPS) is 11.0. The van der Waals surface area contributed by atoms with Gasteiger partial charge in [0.1, 0.15) is 11.4 Å². The molecule has 1 rings (SSSR count). The highest BCUT2D eigenvalue weighted by atomic mass is 16.6. The monoisotopic (exact) mass is 281 g/mol. The lowest BCUT2D eigenvalue weighted by atomic mass is 10.0. The van der Waals surface area contributed by atoms with Crippen molar-refractivity contribution >= 4 is 17.3 Å². The number of rotatable bonds is 6. The Morgan fingerprint density at radius 3 is 2.60 bits per heavy atom. The number of amides is 1. The second-order valence-electron chi connectivity index (χ2n) is 4.70. The Labute approximate surface area is 117 Å². The van der Waals surface area contributed by atoms with Crippen molar-refractivity contribution < 1.29 is 14.5 Å². The number of nitro benzene ring substituents is 1. The van der Waals surface area contributed by atoms with E-state index in [1.165, 1.54) is 12.1 Å². The first-order chi connectivity index (χ1) is 9.31. The maximum atomic E-state index is 12.0. The van der Waals surface area contributed by atoms with Gasteiger partial charge in [0.15, 0.2) is 0 Å². The summed E-state index contributed by atoms with van der Waals surface area (Å²) in [5, 5.41) is 16.5. The van der Waals surface area contributed by atoms with Gasteiger partial charge in [0.05, 0.1) is 23.1 Å². The third kappa shape index (κ3) is 3.67. The minimum Gasteiger partial charge on any atom is -0.494 e. The van der Waals surface area contributed by atoms with E-state index in [4.69, 9.17) is 4.74 Å². The topological polar surface area (TPSA) is 93.5 Å². The standard InChI is InChI=1S/C13H19N3O4/c1-5-20-9-6-7-10(11(8-9)16(18)19)15-12(17)13(2,3)14-4/h6-8,14H,5H2,1-4H3,(H,15,17). The number of hydrogen-bond donors (Lipinski definition) is 2.